The predicted molar refractivity (Wildman–Crippen MR) is 94.6 cm³/mol. The molecule has 0 radical (unpaired) electrons. The molecule has 0 bridgehead atoms. The molecule has 1 aromatic heterocycles. The SMILES string of the molecule is Cl.O=C(Nc1ccnn1Cc1c(Cl)cccc1Cl)C1CCNC1. The number of halogens is 3. The van der Waals surface area contributed by atoms with Crippen LogP contribution in [0.2, 0.25) is 10.0 Å². The van der Waals surface area contributed by atoms with Crippen molar-refractivity contribution < 1.29 is 4.79 Å². The van der Waals surface area contributed by atoms with Gasteiger partial charge in [0.25, 0.3) is 0 Å². The predicted octanol–water partition coefficient (Wildman–Crippen LogP) is 3.21. The first-order chi connectivity index (χ1) is 10.6. The number of nitrogens with zero attached hydrogens (tertiary/aromatic N) is 2. The molecule has 1 aliphatic rings. The molecule has 5 nitrogen and oxygen atoms in total. The summed E-state index contributed by atoms with van der Waals surface area (Å²) < 4.78 is 1.69. The molecule has 1 amide bonds. The highest BCUT2D eigenvalue weighted by Crippen LogP contribution is 2.26. The molecular weight excluding hydrogens is 359 g/mol. The molecule has 0 aliphatic carbocycles. The number of benzene rings is 1. The summed E-state index contributed by atoms with van der Waals surface area (Å²) in [6, 6.07) is 7.14. The standard InChI is InChI=1S/C15H16Cl2N4O.ClH/c16-12-2-1-3-13(17)11(12)9-21-14(5-7-19-21)20-15(22)10-4-6-18-8-10;/h1-3,5,7,10,18H,4,6,8-9H2,(H,20,22);1H. The summed E-state index contributed by atoms with van der Waals surface area (Å²) in [5, 5.41) is 11.5. The number of carbonyl (C=O) groups excluding carboxylic acids is 1. The second kappa shape index (κ2) is 8.02. The monoisotopic (exact) mass is 374 g/mol. The number of hydrogen-bond acceptors (Lipinski definition) is 3. The van der Waals surface area contributed by atoms with Gasteiger partial charge in [-0.15, -0.1) is 12.4 Å². The summed E-state index contributed by atoms with van der Waals surface area (Å²) in [5.41, 5.74) is 0.785. The van der Waals surface area contributed by atoms with E-state index in [0.717, 1.165) is 25.1 Å². The molecule has 2 N–H and O–H groups in total. The van der Waals surface area contributed by atoms with E-state index in [1.807, 2.05) is 0 Å². The molecule has 8 heteroatoms. The van der Waals surface area contributed by atoms with Crippen molar-refractivity contribution in [3.05, 3.63) is 46.1 Å². The van der Waals surface area contributed by atoms with Gasteiger partial charge in [0, 0.05) is 28.2 Å². The fraction of sp³-hybridized carbons (Fsp3) is 0.333. The molecule has 2 heterocycles. The van der Waals surface area contributed by atoms with Gasteiger partial charge in [-0.2, -0.15) is 5.10 Å². The molecule has 2 aromatic rings. The lowest BCUT2D eigenvalue weighted by molar-refractivity contribution is -0.119. The number of hydrogen-bond donors (Lipinski definition) is 2. The van der Waals surface area contributed by atoms with Crippen LogP contribution in [0.25, 0.3) is 0 Å². The van der Waals surface area contributed by atoms with Crippen LogP contribution in [-0.2, 0) is 11.3 Å². The number of rotatable bonds is 4. The van der Waals surface area contributed by atoms with Crippen LogP contribution in [0.15, 0.2) is 30.5 Å². The summed E-state index contributed by atoms with van der Waals surface area (Å²) in [6.45, 7) is 2.01. The second-order valence-corrected chi connectivity index (χ2v) is 6.07. The van der Waals surface area contributed by atoms with Crippen molar-refractivity contribution in [2.75, 3.05) is 18.4 Å². The van der Waals surface area contributed by atoms with E-state index in [-0.39, 0.29) is 24.2 Å². The van der Waals surface area contributed by atoms with Gasteiger partial charge in [0.05, 0.1) is 18.7 Å². The van der Waals surface area contributed by atoms with Crippen LogP contribution in [0.3, 0.4) is 0 Å². The summed E-state index contributed by atoms with van der Waals surface area (Å²) in [7, 11) is 0. The molecule has 0 spiro atoms. The molecule has 1 fully saturated rings. The van der Waals surface area contributed by atoms with Gasteiger partial charge in [0.1, 0.15) is 5.82 Å². The number of anilines is 1. The van der Waals surface area contributed by atoms with Gasteiger partial charge in [-0.05, 0) is 25.1 Å². The van der Waals surface area contributed by atoms with Gasteiger partial charge in [0.2, 0.25) is 5.91 Å². The summed E-state index contributed by atoms with van der Waals surface area (Å²) in [6.07, 6.45) is 2.50. The van der Waals surface area contributed by atoms with E-state index in [0.29, 0.717) is 22.4 Å². The molecule has 3 rings (SSSR count). The van der Waals surface area contributed by atoms with Gasteiger partial charge >= 0.3 is 0 Å². The molecular formula is C15H17Cl3N4O. The minimum absolute atomic E-state index is 0. The number of aromatic nitrogens is 2. The van der Waals surface area contributed by atoms with Crippen molar-refractivity contribution in [2.24, 2.45) is 5.92 Å². The lowest BCUT2D eigenvalue weighted by atomic mass is 10.1. The zero-order valence-corrected chi connectivity index (χ0v) is 14.6. The molecule has 1 atom stereocenters. The van der Waals surface area contributed by atoms with Crippen LogP contribution in [0.5, 0.6) is 0 Å². The Morgan fingerprint density at radius 2 is 2.09 bits per heavy atom. The third kappa shape index (κ3) is 4.18. The minimum Gasteiger partial charge on any atom is -0.316 e. The van der Waals surface area contributed by atoms with Crippen molar-refractivity contribution >= 4 is 47.3 Å². The Morgan fingerprint density at radius 3 is 2.74 bits per heavy atom. The fourth-order valence-electron chi connectivity index (χ4n) is 2.50. The molecule has 1 unspecified atom stereocenters. The summed E-state index contributed by atoms with van der Waals surface area (Å²) in [5.74, 6) is 0.664. The highest BCUT2D eigenvalue weighted by Gasteiger charge is 2.23. The Hall–Kier alpha value is -1.27. The van der Waals surface area contributed by atoms with Gasteiger partial charge < -0.3 is 10.6 Å². The van der Waals surface area contributed by atoms with E-state index >= 15 is 0 Å². The van der Waals surface area contributed by atoms with Crippen LogP contribution in [0, 0.1) is 5.92 Å². The van der Waals surface area contributed by atoms with Crippen LogP contribution >= 0.6 is 35.6 Å². The zero-order chi connectivity index (χ0) is 15.5. The molecule has 0 saturated carbocycles. The van der Waals surface area contributed by atoms with Crippen molar-refractivity contribution in [3.63, 3.8) is 0 Å². The molecule has 1 aromatic carbocycles. The van der Waals surface area contributed by atoms with Crippen LogP contribution in [-0.4, -0.2) is 28.8 Å². The van der Waals surface area contributed by atoms with Crippen LogP contribution in [0.1, 0.15) is 12.0 Å². The smallest absolute Gasteiger partial charge is 0.229 e. The Labute approximate surface area is 150 Å². The Kier molecular flexibility index (Phi) is 6.30. The van der Waals surface area contributed by atoms with Crippen molar-refractivity contribution in [1.29, 1.82) is 0 Å². The zero-order valence-electron chi connectivity index (χ0n) is 12.3. The lowest BCUT2D eigenvalue weighted by Crippen LogP contribution is -2.26. The van der Waals surface area contributed by atoms with E-state index in [1.165, 1.54) is 0 Å². The van der Waals surface area contributed by atoms with Gasteiger partial charge in [-0.3, -0.25) is 4.79 Å². The average Bonchev–Trinajstić information content (AvgIpc) is 3.15. The first-order valence-electron chi connectivity index (χ1n) is 7.11. The molecule has 1 aliphatic heterocycles. The lowest BCUT2D eigenvalue weighted by Gasteiger charge is -2.13. The minimum atomic E-state index is 0. The molecule has 124 valence electrons. The van der Waals surface area contributed by atoms with Crippen molar-refractivity contribution in [1.82, 2.24) is 15.1 Å². The second-order valence-electron chi connectivity index (χ2n) is 5.25. The van der Waals surface area contributed by atoms with Gasteiger partial charge in [0.15, 0.2) is 0 Å². The fourth-order valence-corrected chi connectivity index (χ4v) is 3.02. The van der Waals surface area contributed by atoms with E-state index in [4.69, 9.17) is 23.2 Å². The first-order valence-corrected chi connectivity index (χ1v) is 7.87. The summed E-state index contributed by atoms with van der Waals surface area (Å²) in [4.78, 5) is 12.2. The quantitative estimate of drug-likeness (QED) is 0.862. The normalized spacial score (nSPS) is 16.9. The molecule has 1 saturated heterocycles. The molecule has 23 heavy (non-hydrogen) atoms. The maximum atomic E-state index is 12.2. The largest absolute Gasteiger partial charge is 0.316 e. The number of amides is 1. The van der Waals surface area contributed by atoms with Gasteiger partial charge in [-0.25, -0.2) is 4.68 Å². The van der Waals surface area contributed by atoms with Crippen molar-refractivity contribution in [2.45, 2.75) is 13.0 Å². The highest BCUT2D eigenvalue weighted by atomic mass is 35.5. The van der Waals surface area contributed by atoms with E-state index in [1.54, 1.807) is 35.1 Å². The van der Waals surface area contributed by atoms with Crippen LogP contribution < -0.4 is 10.6 Å². The number of nitrogens with one attached hydrogen (secondary N) is 2. The van der Waals surface area contributed by atoms with Gasteiger partial charge in [-0.1, -0.05) is 29.3 Å². The Balaban J connectivity index is 0.00000192. The Morgan fingerprint density at radius 1 is 1.35 bits per heavy atom. The van der Waals surface area contributed by atoms with E-state index in [2.05, 4.69) is 15.7 Å². The van der Waals surface area contributed by atoms with Crippen molar-refractivity contribution in [3.8, 4) is 0 Å². The topological polar surface area (TPSA) is 59.0 Å². The van der Waals surface area contributed by atoms with Crippen LogP contribution in [0.4, 0.5) is 5.82 Å². The first kappa shape index (κ1) is 18.1. The van der Waals surface area contributed by atoms with E-state index < -0.39 is 0 Å². The third-order valence-electron chi connectivity index (χ3n) is 3.77. The maximum absolute atomic E-state index is 12.2. The number of carbonyl (C=O) groups is 1. The Bertz CT molecular complexity index is 663. The highest BCUT2D eigenvalue weighted by molar-refractivity contribution is 6.35. The third-order valence-corrected chi connectivity index (χ3v) is 4.48. The maximum Gasteiger partial charge on any atom is 0.229 e. The van der Waals surface area contributed by atoms with E-state index in [9.17, 15) is 4.79 Å². The average molecular weight is 376 g/mol. The summed E-state index contributed by atoms with van der Waals surface area (Å²) >= 11 is 12.4.